The molecule has 1 rings (SSSR count). The summed E-state index contributed by atoms with van der Waals surface area (Å²) in [5.74, 6) is 0.441. The fraction of sp³-hybridized carbons (Fsp3) is 0.655. The van der Waals surface area contributed by atoms with Gasteiger partial charge in [0.2, 0.25) is 0 Å². The maximum absolute atomic E-state index is 14.0. The molecule has 0 saturated heterocycles. The molecular weight excluding hydrogens is 487 g/mol. The van der Waals surface area contributed by atoms with Crippen molar-refractivity contribution in [3.63, 3.8) is 0 Å². The monoisotopic (exact) mass is 538 g/mol. The molecule has 0 heterocycles. The summed E-state index contributed by atoms with van der Waals surface area (Å²) in [4.78, 5) is 0. The van der Waals surface area contributed by atoms with E-state index in [4.69, 9.17) is 18.0 Å². The van der Waals surface area contributed by atoms with Gasteiger partial charge in [0.1, 0.15) is 5.75 Å². The number of rotatable bonds is 11. The van der Waals surface area contributed by atoms with Gasteiger partial charge in [0.05, 0.1) is 11.2 Å². The van der Waals surface area contributed by atoms with Crippen molar-refractivity contribution in [2.75, 3.05) is 6.61 Å². The standard InChI is InChI=1S/C29H51O5PSi/c1-16-22-20-23(17-2)25(29(12,13)18-19-31-36(14,15)28(9,10)11)24(21-22)32-35(30,33-26(3,4)5)34-27(6,7)8/h16-17,20-21H,1-2,18-19H2,3-15H3. The Bertz CT molecular complexity index is 955. The van der Waals surface area contributed by atoms with Gasteiger partial charge in [-0.05, 0) is 94.8 Å². The number of benzene rings is 1. The van der Waals surface area contributed by atoms with Gasteiger partial charge in [-0.2, -0.15) is 0 Å². The fourth-order valence-electron chi connectivity index (χ4n) is 3.48. The van der Waals surface area contributed by atoms with Crippen LogP contribution in [0, 0.1) is 0 Å². The summed E-state index contributed by atoms with van der Waals surface area (Å²) in [6.45, 7) is 35.0. The molecule has 0 N–H and O–H groups in total. The van der Waals surface area contributed by atoms with Crippen molar-refractivity contribution >= 4 is 28.3 Å². The molecule has 0 aliphatic carbocycles. The third kappa shape index (κ3) is 9.61. The van der Waals surface area contributed by atoms with E-state index in [1.54, 1.807) is 12.2 Å². The molecule has 0 atom stereocenters. The van der Waals surface area contributed by atoms with Gasteiger partial charge in [0, 0.05) is 12.2 Å². The molecule has 0 aromatic heterocycles. The Balaban J connectivity index is 3.58. The second-order valence-corrected chi connectivity index (χ2v) is 19.8. The lowest BCUT2D eigenvalue weighted by Gasteiger charge is -2.38. The normalized spacial score (nSPS) is 14.0. The Kier molecular flexibility index (Phi) is 10.3. The van der Waals surface area contributed by atoms with Gasteiger partial charge in [0.25, 0.3) is 0 Å². The van der Waals surface area contributed by atoms with Crippen LogP contribution < -0.4 is 4.52 Å². The van der Waals surface area contributed by atoms with Crippen molar-refractivity contribution in [3.8, 4) is 5.75 Å². The van der Waals surface area contributed by atoms with Crippen LogP contribution in [0.4, 0.5) is 0 Å². The van der Waals surface area contributed by atoms with Gasteiger partial charge in [-0.1, -0.05) is 59.9 Å². The summed E-state index contributed by atoms with van der Waals surface area (Å²) >= 11 is 0. The minimum absolute atomic E-state index is 0.129. The van der Waals surface area contributed by atoms with Crippen LogP contribution in [-0.4, -0.2) is 26.1 Å². The smallest absolute Gasteiger partial charge is 0.417 e. The van der Waals surface area contributed by atoms with E-state index in [1.807, 2.05) is 53.7 Å². The Morgan fingerprint density at radius 2 is 1.36 bits per heavy atom. The summed E-state index contributed by atoms with van der Waals surface area (Å²) in [5.41, 5.74) is 0.732. The first-order chi connectivity index (χ1) is 16.0. The molecule has 0 aliphatic rings. The predicted octanol–water partition coefficient (Wildman–Crippen LogP) is 9.78. The molecule has 36 heavy (non-hydrogen) atoms. The third-order valence-corrected chi connectivity index (χ3v) is 12.8. The summed E-state index contributed by atoms with van der Waals surface area (Å²) in [6.07, 6.45) is 4.28. The lowest BCUT2D eigenvalue weighted by atomic mass is 9.78. The number of phosphoric ester groups is 1. The van der Waals surface area contributed by atoms with Gasteiger partial charge in [0.15, 0.2) is 8.32 Å². The number of hydrogen-bond donors (Lipinski definition) is 0. The summed E-state index contributed by atoms with van der Waals surface area (Å²) in [6, 6.07) is 3.86. The second-order valence-electron chi connectivity index (χ2n) is 13.6. The van der Waals surface area contributed by atoms with Crippen LogP contribution in [-0.2, 0) is 23.5 Å². The average Bonchev–Trinajstić information content (AvgIpc) is 2.62. The van der Waals surface area contributed by atoms with Gasteiger partial charge in [-0.3, -0.25) is 9.05 Å². The Morgan fingerprint density at radius 3 is 1.75 bits per heavy atom. The summed E-state index contributed by atoms with van der Waals surface area (Å²) in [7, 11) is -5.91. The zero-order valence-electron chi connectivity index (χ0n) is 25.1. The molecule has 0 saturated carbocycles. The molecule has 0 bridgehead atoms. The third-order valence-electron chi connectivity index (χ3n) is 6.27. The van der Waals surface area contributed by atoms with Gasteiger partial charge in [-0.15, -0.1) is 0 Å². The van der Waals surface area contributed by atoms with Crippen LogP contribution in [0.3, 0.4) is 0 Å². The number of hydrogen-bond acceptors (Lipinski definition) is 5. The maximum atomic E-state index is 14.0. The minimum atomic E-state index is -4.01. The van der Waals surface area contributed by atoms with E-state index in [1.165, 1.54) is 0 Å². The topological polar surface area (TPSA) is 54.0 Å². The van der Waals surface area contributed by atoms with Crippen LogP contribution >= 0.6 is 7.82 Å². The van der Waals surface area contributed by atoms with Gasteiger partial charge >= 0.3 is 7.82 Å². The van der Waals surface area contributed by atoms with E-state index < -0.39 is 27.3 Å². The van der Waals surface area contributed by atoms with Gasteiger partial charge < -0.3 is 8.95 Å². The van der Waals surface area contributed by atoms with Crippen LogP contribution in [0.5, 0.6) is 5.75 Å². The van der Waals surface area contributed by atoms with E-state index in [2.05, 4.69) is 60.9 Å². The lowest BCUT2D eigenvalue weighted by molar-refractivity contribution is 0.0221. The highest BCUT2D eigenvalue weighted by atomic mass is 31.2. The van der Waals surface area contributed by atoms with Crippen molar-refractivity contribution in [1.29, 1.82) is 0 Å². The molecule has 0 unspecified atom stereocenters. The molecule has 1 aromatic rings. The molecule has 5 nitrogen and oxygen atoms in total. The van der Waals surface area contributed by atoms with E-state index in [0.717, 1.165) is 23.1 Å². The molecule has 0 spiro atoms. The summed E-state index contributed by atoms with van der Waals surface area (Å²) < 4.78 is 38.6. The van der Waals surface area contributed by atoms with E-state index in [9.17, 15) is 4.57 Å². The van der Waals surface area contributed by atoms with Crippen LogP contribution in [0.2, 0.25) is 18.1 Å². The molecule has 0 aliphatic heterocycles. The second kappa shape index (κ2) is 11.3. The maximum Gasteiger partial charge on any atom is 0.531 e. The first-order valence-corrected chi connectivity index (χ1v) is 17.1. The number of phosphoric acid groups is 1. The zero-order chi connectivity index (χ0) is 28.4. The molecule has 1 aromatic carbocycles. The van der Waals surface area contributed by atoms with Crippen molar-refractivity contribution in [2.45, 2.75) is 117 Å². The van der Waals surface area contributed by atoms with Crippen molar-refractivity contribution in [1.82, 2.24) is 0 Å². The largest absolute Gasteiger partial charge is 0.531 e. The van der Waals surface area contributed by atoms with Crippen LogP contribution in [0.1, 0.15) is 99.3 Å². The average molecular weight is 539 g/mol. The van der Waals surface area contributed by atoms with E-state index >= 15 is 0 Å². The predicted molar refractivity (Wildman–Crippen MR) is 157 cm³/mol. The van der Waals surface area contributed by atoms with Crippen LogP contribution in [0.15, 0.2) is 25.3 Å². The Hall–Kier alpha value is -1.17. The lowest BCUT2D eigenvalue weighted by Crippen LogP contribution is -2.41. The highest BCUT2D eigenvalue weighted by molar-refractivity contribution is 7.49. The highest BCUT2D eigenvalue weighted by Crippen LogP contribution is 2.57. The molecule has 0 fully saturated rings. The van der Waals surface area contributed by atoms with Gasteiger partial charge in [-0.25, -0.2) is 4.57 Å². The SMILES string of the molecule is C=Cc1cc(C=C)c(C(C)(C)CCO[Si](C)(C)C(C)(C)C)c(OP(=O)(OC(C)(C)C)OC(C)(C)C)c1. The van der Waals surface area contributed by atoms with E-state index in [0.29, 0.717) is 12.4 Å². The molecule has 0 amide bonds. The van der Waals surface area contributed by atoms with Crippen LogP contribution in [0.25, 0.3) is 12.2 Å². The minimum Gasteiger partial charge on any atom is -0.417 e. The zero-order valence-corrected chi connectivity index (χ0v) is 27.0. The Labute approximate surface area is 222 Å². The Morgan fingerprint density at radius 1 is 0.861 bits per heavy atom. The molecule has 206 valence electrons. The fourth-order valence-corrected chi connectivity index (χ4v) is 6.37. The van der Waals surface area contributed by atoms with Crippen molar-refractivity contribution in [2.24, 2.45) is 0 Å². The quantitative estimate of drug-likeness (QED) is 0.207. The van der Waals surface area contributed by atoms with Crippen molar-refractivity contribution in [3.05, 3.63) is 42.0 Å². The van der Waals surface area contributed by atoms with E-state index in [-0.39, 0.29) is 10.5 Å². The highest BCUT2D eigenvalue weighted by Gasteiger charge is 2.41. The van der Waals surface area contributed by atoms with Crippen molar-refractivity contribution < 1.29 is 22.6 Å². The summed E-state index contributed by atoms with van der Waals surface area (Å²) in [5, 5.41) is 0.129. The first kappa shape index (κ1) is 32.9. The molecule has 0 radical (unpaired) electrons. The first-order valence-electron chi connectivity index (χ1n) is 12.7. The molecular formula is C29H51O5PSi. The molecule has 7 heteroatoms.